The number of esters is 1. The van der Waals surface area contributed by atoms with Gasteiger partial charge in [0.1, 0.15) is 22.7 Å². The van der Waals surface area contributed by atoms with E-state index in [4.69, 9.17) is 9.47 Å². The maximum Gasteiger partial charge on any atom is 0.415 e. The fourth-order valence-electron chi connectivity index (χ4n) is 5.18. The van der Waals surface area contributed by atoms with Crippen LogP contribution in [-0.2, 0) is 35.6 Å². The lowest BCUT2D eigenvalue weighted by atomic mass is 9.97. The summed E-state index contributed by atoms with van der Waals surface area (Å²) in [4.78, 5) is 55.7. The molecular weight excluding hydrogens is 624 g/mol. The van der Waals surface area contributed by atoms with E-state index in [0.29, 0.717) is 38.1 Å². The predicted molar refractivity (Wildman–Crippen MR) is 165 cm³/mol. The Morgan fingerprint density at radius 3 is 2.42 bits per heavy atom. The zero-order valence-corrected chi connectivity index (χ0v) is 27.0. The first kappa shape index (κ1) is 34.2. The summed E-state index contributed by atoms with van der Waals surface area (Å²) < 4.78 is 37.6. The van der Waals surface area contributed by atoms with Crippen molar-refractivity contribution in [1.82, 2.24) is 19.5 Å². The molecule has 4 rings (SSSR count). The third-order valence-electron chi connectivity index (χ3n) is 7.72. The molecule has 2 fully saturated rings. The van der Waals surface area contributed by atoms with Gasteiger partial charge in [0.25, 0.3) is 0 Å². The van der Waals surface area contributed by atoms with Crippen LogP contribution in [0.4, 0.5) is 4.79 Å². The summed E-state index contributed by atoms with van der Waals surface area (Å²) in [5, 5.41) is 12.4. The van der Waals surface area contributed by atoms with Crippen LogP contribution >= 0.6 is 11.8 Å². The summed E-state index contributed by atoms with van der Waals surface area (Å²) in [7, 11) is -4.08. The fraction of sp³-hybridized carbons (Fsp3) is 0.500. The minimum atomic E-state index is -4.08. The second kappa shape index (κ2) is 14.6. The number of carbonyl (C=O) groups excluding carboxylic acids is 3. The summed E-state index contributed by atoms with van der Waals surface area (Å²) in [6.45, 7) is 6.50. The number of rotatable bonds is 11. The molecule has 0 aliphatic carbocycles. The zero-order chi connectivity index (χ0) is 32.8. The number of hydrogen-bond donors (Lipinski definition) is 2. The van der Waals surface area contributed by atoms with Crippen molar-refractivity contribution < 1.29 is 42.2 Å². The molecule has 0 radical (unpaired) electrons. The van der Waals surface area contributed by atoms with Gasteiger partial charge in [0, 0.05) is 36.7 Å². The number of carbonyl (C=O) groups is 4. The second-order valence-corrected chi connectivity index (χ2v) is 14.9. The number of pyridine rings is 1. The van der Waals surface area contributed by atoms with Crippen LogP contribution in [0.1, 0.15) is 45.6 Å². The van der Waals surface area contributed by atoms with E-state index in [1.807, 2.05) is 6.92 Å². The van der Waals surface area contributed by atoms with E-state index < -0.39 is 44.8 Å². The van der Waals surface area contributed by atoms with Gasteiger partial charge in [0.05, 0.1) is 18.4 Å². The summed E-state index contributed by atoms with van der Waals surface area (Å²) in [6, 6.07) is 6.61. The molecule has 2 N–H and O–H groups in total. The lowest BCUT2D eigenvalue weighted by molar-refractivity contribution is -0.150. The quantitative estimate of drug-likeness (QED) is 0.339. The average Bonchev–Trinajstić information content (AvgIpc) is 3.36. The first-order chi connectivity index (χ1) is 21.3. The number of likely N-dealkylation sites (tertiary alicyclic amines) is 1. The van der Waals surface area contributed by atoms with Crippen molar-refractivity contribution in [2.24, 2.45) is 5.92 Å². The summed E-state index contributed by atoms with van der Waals surface area (Å²) in [5.74, 6) is -2.22. The smallest absolute Gasteiger partial charge is 0.415 e. The van der Waals surface area contributed by atoms with Crippen LogP contribution in [0.5, 0.6) is 5.75 Å². The number of aromatic nitrogens is 1. The molecule has 15 heteroatoms. The highest BCUT2D eigenvalue weighted by molar-refractivity contribution is 8.02. The van der Waals surface area contributed by atoms with Crippen molar-refractivity contribution in [3.8, 4) is 5.75 Å². The van der Waals surface area contributed by atoms with E-state index in [0.717, 1.165) is 10.7 Å². The molecule has 1 aromatic carbocycles. The van der Waals surface area contributed by atoms with E-state index in [1.54, 1.807) is 26.0 Å². The first-order valence-corrected chi connectivity index (χ1v) is 17.1. The molecule has 45 heavy (non-hydrogen) atoms. The number of piperidine rings is 1. The number of hydrogen-bond acceptors (Lipinski definition) is 10. The number of carboxylic acids is 1. The van der Waals surface area contributed by atoms with Crippen LogP contribution < -0.4 is 10.1 Å². The van der Waals surface area contributed by atoms with Crippen LogP contribution in [0, 0.1) is 5.92 Å². The number of aliphatic carboxylic acids is 1. The van der Waals surface area contributed by atoms with Crippen LogP contribution in [0.15, 0.2) is 53.7 Å². The standard InChI is InChI=1S/C30H38N4O9S2/c1-4-16-42-28(38)21-11-14-33(15-12-21)29(39)43-22-9-7-20(8-10-22)17-24(27(36)37)32-26(35)25-30(2,3)44-19-34(25)45(40,41)23-6-5-13-31-18-23/h5-10,13,18,21,24-25H,4,11-12,14-17,19H2,1-3H3,(H,32,35)(H,36,37)/t24-,25+/m0/s1. The molecule has 13 nitrogen and oxygen atoms in total. The van der Waals surface area contributed by atoms with E-state index in [9.17, 15) is 32.7 Å². The Balaban J connectivity index is 1.36. The molecule has 1 aromatic heterocycles. The Kier molecular flexibility index (Phi) is 11.1. The molecule has 0 saturated carbocycles. The van der Waals surface area contributed by atoms with Crippen molar-refractivity contribution in [3.63, 3.8) is 0 Å². The van der Waals surface area contributed by atoms with Gasteiger partial charge in [-0.05, 0) is 62.9 Å². The van der Waals surface area contributed by atoms with Gasteiger partial charge < -0.3 is 24.8 Å². The number of ether oxygens (including phenoxy) is 2. The minimum Gasteiger partial charge on any atom is -0.480 e. The molecule has 2 saturated heterocycles. The highest BCUT2D eigenvalue weighted by Crippen LogP contribution is 2.42. The molecular formula is C30H38N4O9S2. The number of nitrogens with zero attached hydrogens (tertiary/aromatic N) is 3. The molecule has 2 aliphatic heterocycles. The Morgan fingerprint density at radius 2 is 1.82 bits per heavy atom. The monoisotopic (exact) mass is 662 g/mol. The Morgan fingerprint density at radius 1 is 1.13 bits per heavy atom. The number of thioether (sulfide) groups is 1. The van der Waals surface area contributed by atoms with Crippen LogP contribution in [0.25, 0.3) is 0 Å². The Hall–Kier alpha value is -3.69. The molecule has 2 amide bonds. The van der Waals surface area contributed by atoms with E-state index in [1.165, 1.54) is 53.3 Å². The molecule has 244 valence electrons. The zero-order valence-electron chi connectivity index (χ0n) is 25.4. The normalized spacial score (nSPS) is 19.4. The maximum atomic E-state index is 13.5. The van der Waals surface area contributed by atoms with Crippen LogP contribution in [0.2, 0.25) is 0 Å². The van der Waals surface area contributed by atoms with Crippen LogP contribution in [0.3, 0.4) is 0 Å². The number of amides is 2. The van der Waals surface area contributed by atoms with Crippen molar-refractivity contribution in [2.45, 2.75) is 68.2 Å². The topological polar surface area (TPSA) is 173 Å². The molecule has 2 atom stereocenters. The van der Waals surface area contributed by atoms with Gasteiger partial charge in [0.2, 0.25) is 15.9 Å². The first-order valence-electron chi connectivity index (χ1n) is 14.6. The number of nitrogens with one attached hydrogen (secondary N) is 1. The summed E-state index contributed by atoms with van der Waals surface area (Å²) >= 11 is 1.28. The van der Waals surface area contributed by atoms with Crippen molar-refractivity contribution in [1.29, 1.82) is 0 Å². The molecule has 3 heterocycles. The Bertz CT molecular complexity index is 1480. The summed E-state index contributed by atoms with van der Waals surface area (Å²) in [5.41, 5.74) is 0.550. The maximum absolute atomic E-state index is 13.5. The van der Waals surface area contributed by atoms with Crippen molar-refractivity contribution in [2.75, 3.05) is 25.6 Å². The number of carboxylic acid groups (broad SMARTS) is 1. The van der Waals surface area contributed by atoms with Gasteiger partial charge >= 0.3 is 18.0 Å². The highest BCUT2D eigenvalue weighted by Gasteiger charge is 2.51. The van der Waals surface area contributed by atoms with Gasteiger partial charge in [-0.3, -0.25) is 14.6 Å². The molecule has 2 aliphatic rings. The molecule has 0 spiro atoms. The molecule has 0 unspecified atom stereocenters. The van der Waals surface area contributed by atoms with Crippen molar-refractivity contribution in [3.05, 3.63) is 54.4 Å². The summed E-state index contributed by atoms with van der Waals surface area (Å²) in [6.07, 6.45) is 3.73. The molecule has 2 aromatic rings. The largest absolute Gasteiger partial charge is 0.480 e. The van der Waals surface area contributed by atoms with Gasteiger partial charge in [-0.2, -0.15) is 4.31 Å². The van der Waals surface area contributed by atoms with Gasteiger partial charge in [-0.1, -0.05) is 19.1 Å². The molecule has 0 bridgehead atoms. The lowest BCUT2D eigenvalue weighted by Gasteiger charge is -2.30. The van der Waals surface area contributed by atoms with E-state index in [2.05, 4.69) is 10.3 Å². The third kappa shape index (κ3) is 8.32. The fourth-order valence-corrected chi connectivity index (χ4v) is 8.32. The Labute approximate surface area is 266 Å². The number of sulfonamides is 1. The van der Waals surface area contributed by atoms with Crippen molar-refractivity contribution >= 4 is 45.7 Å². The predicted octanol–water partition coefficient (Wildman–Crippen LogP) is 2.90. The second-order valence-electron chi connectivity index (χ2n) is 11.4. The van der Waals surface area contributed by atoms with Gasteiger partial charge in [-0.15, -0.1) is 11.8 Å². The van der Waals surface area contributed by atoms with Gasteiger partial charge in [-0.25, -0.2) is 18.0 Å². The lowest BCUT2D eigenvalue weighted by Crippen LogP contribution is -2.56. The minimum absolute atomic E-state index is 0.0176. The van der Waals surface area contributed by atoms with E-state index >= 15 is 0 Å². The van der Waals surface area contributed by atoms with Crippen LogP contribution in [-0.4, -0.2) is 94.1 Å². The van der Waals surface area contributed by atoms with E-state index in [-0.39, 0.29) is 34.8 Å². The van der Waals surface area contributed by atoms with Gasteiger partial charge in [0.15, 0.2) is 0 Å². The SMILES string of the molecule is CCCOC(=O)C1CCN(C(=O)Oc2ccc(C[C@H](NC(=O)[C@H]3N(S(=O)(=O)c4cccnc4)CSC3(C)C)C(=O)O)cc2)CC1. The third-order valence-corrected chi connectivity index (χ3v) is 11.1. The highest BCUT2D eigenvalue weighted by atomic mass is 32.2. The average molecular weight is 663 g/mol. The number of benzene rings is 1.